The zero-order chi connectivity index (χ0) is 22.1. The second-order valence-corrected chi connectivity index (χ2v) is 8.75. The lowest BCUT2D eigenvalue weighted by Crippen LogP contribution is -2.36. The van der Waals surface area contributed by atoms with E-state index in [2.05, 4.69) is 51.5 Å². The minimum Gasteiger partial charge on any atom is -0.354 e. The highest BCUT2D eigenvalue weighted by atomic mass is 16.2. The summed E-state index contributed by atoms with van der Waals surface area (Å²) in [5.74, 6) is 0.234. The number of aryl methyl sites for hydroxylation is 1. The van der Waals surface area contributed by atoms with Crippen LogP contribution in [0.5, 0.6) is 0 Å². The molecule has 164 valence electrons. The van der Waals surface area contributed by atoms with Crippen molar-refractivity contribution in [3.8, 4) is 0 Å². The van der Waals surface area contributed by atoms with E-state index >= 15 is 0 Å². The quantitative estimate of drug-likeness (QED) is 0.494. The number of nitrogens with zero attached hydrogens (tertiary/aromatic N) is 3. The summed E-state index contributed by atoms with van der Waals surface area (Å²) < 4.78 is 1.23. The van der Waals surface area contributed by atoms with E-state index in [0.29, 0.717) is 18.0 Å². The average Bonchev–Trinajstić information content (AvgIpc) is 3.40. The van der Waals surface area contributed by atoms with Crippen molar-refractivity contribution in [2.24, 2.45) is 5.92 Å². The van der Waals surface area contributed by atoms with Gasteiger partial charge < -0.3 is 10.3 Å². The third-order valence-electron chi connectivity index (χ3n) is 6.30. The predicted molar refractivity (Wildman–Crippen MR) is 125 cm³/mol. The number of hydrogen-bond donors (Lipinski definition) is 2. The second kappa shape index (κ2) is 8.59. The van der Waals surface area contributed by atoms with Crippen molar-refractivity contribution in [3.63, 3.8) is 0 Å². The lowest BCUT2D eigenvalue weighted by atomic mass is 10.1. The monoisotopic (exact) mass is 429 g/mol. The van der Waals surface area contributed by atoms with E-state index in [0.717, 1.165) is 42.3 Å². The standard InChI is InChI=1S/C25H27N5O2/c1-17-6-8-18(9-7-17)14-29-11-10-19(15-29)12-26-23(31)16-30-25(32)24-21(13-27-30)20-4-2-3-5-22(20)28-24/h2-9,13,19,28H,10-12,14-16H2,1H3,(H,26,31). The van der Waals surface area contributed by atoms with Crippen molar-refractivity contribution < 1.29 is 4.79 Å². The lowest BCUT2D eigenvalue weighted by Gasteiger charge is -2.16. The molecule has 1 unspecified atom stereocenters. The molecule has 1 atom stereocenters. The van der Waals surface area contributed by atoms with E-state index < -0.39 is 0 Å². The van der Waals surface area contributed by atoms with E-state index in [4.69, 9.17) is 0 Å². The van der Waals surface area contributed by atoms with Gasteiger partial charge in [0.05, 0.1) is 6.20 Å². The minimum absolute atomic E-state index is 0.0794. The molecule has 0 saturated carbocycles. The Morgan fingerprint density at radius 1 is 1.16 bits per heavy atom. The molecule has 1 aliphatic rings. The Morgan fingerprint density at radius 3 is 2.81 bits per heavy atom. The van der Waals surface area contributed by atoms with Gasteiger partial charge in [0.1, 0.15) is 12.1 Å². The lowest BCUT2D eigenvalue weighted by molar-refractivity contribution is -0.122. The average molecular weight is 430 g/mol. The van der Waals surface area contributed by atoms with Crippen molar-refractivity contribution in [2.45, 2.75) is 26.4 Å². The Labute approximate surface area is 186 Å². The van der Waals surface area contributed by atoms with Gasteiger partial charge >= 0.3 is 0 Å². The number of amides is 1. The summed E-state index contributed by atoms with van der Waals surface area (Å²) in [6, 6.07) is 16.4. The fraction of sp³-hybridized carbons (Fsp3) is 0.320. The number of carbonyl (C=O) groups is 1. The number of fused-ring (bicyclic) bond motifs is 3. The Hall–Kier alpha value is -3.45. The van der Waals surface area contributed by atoms with Crippen LogP contribution in [0.15, 0.2) is 59.5 Å². The molecule has 4 aromatic rings. The van der Waals surface area contributed by atoms with Crippen LogP contribution in [0.25, 0.3) is 21.8 Å². The van der Waals surface area contributed by atoms with E-state index in [1.54, 1.807) is 6.20 Å². The number of benzene rings is 2. The van der Waals surface area contributed by atoms with Gasteiger partial charge in [0.25, 0.3) is 5.56 Å². The first kappa shape index (κ1) is 20.5. The number of carbonyl (C=O) groups excluding carboxylic acids is 1. The van der Waals surface area contributed by atoms with Crippen LogP contribution in [-0.4, -0.2) is 45.2 Å². The smallest absolute Gasteiger partial charge is 0.291 e. The maximum atomic E-state index is 12.8. The molecular weight excluding hydrogens is 402 g/mol. The second-order valence-electron chi connectivity index (χ2n) is 8.75. The van der Waals surface area contributed by atoms with Crippen LogP contribution in [0.3, 0.4) is 0 Å². The van der Waals surface area contributed by atoms with Crippen LogP contribution >= 0.6 is 0 Å². The SMILES string of the molecule is Cc1ccc(CN2CCC(CNC(=O)Cn3ncc4c([nH]c5ccccc54)c3=O)C2)cc1. The fourth-order valence-corrected chi connectivity index (χ4v) is 4.51. The van der Waals surface area contributed by atoms with Gasteiger partial charge in [-0.15, -0.1) is 0 Å². The largest absolute Gasteiger partial charge is 0.354 e. The number of aromatic nitrogens is 3. The molecule has 1 amide bonds. The van der Waals surface area contributed by atoms with Crippen molar-refractivity contribution in [3.05, 3.63) is 76.2 Å². The Morgan fingerprint density at radius 2 is 1.97 bits per heavy atom. The van der Waals surface area contributed by atoms with Crippen LogP contribution in [0.4, 0.5) is 0 Å². The number of rotatable bonds is 6. The summed E-state index contributed by atoms with van der Waals surface area (Å²) in [6.45, 7) is 5.57. The fourth-order valence-electron chi connectivity index (χ4n) is 4.51. The van der Waals surface area contributed by atoms with Crippen molar-refractivity contribution in [1.29, 1.82) is 0 Å². The molecular formula is C25H27N5O2. The summed E-state index contributed by atoms with van der Waals surface area (Å²) in [5.41, 5.74) is 3.68. The maximum absolute atomic E-state index is 12.8. The van der Waals surface area contributed by atoms with Crippen molar-refractivity contribution in [1.82, 2.24) is 25.0 Å². The van der Waals surface area contributed by atoms with Gasteiger partial charge in [0.15, 0.2) is 0 Å². The highest BCUT2D eigenvalue weighted by Gasteiger charge is 2.23. The third-order valence-corrected chi connectivity index (χ3v) is 6.30. The number of likely N-dealkylation sites (tertiary alicyclic amines) is 1. The van der Waals surface area contributed by atoms with E-state index in [9.17, 15) is 9.59 Å². The van der Waals surface area contributed by atoms with Crippen LogP contribution in [0.2, 0.25) is 0 Å². The zero-order valence-electron chi connectivity index (χ0n) is 18.2. The van der Waals surface area contributed by atoms with Crippen LogP contribution in [0.1, 0.15) is 17.5 Å². The summed E-state index contributed by atoms with van der Waals surface area (Å²) >= 11 is 0. The van der Waals surface area contributed by atoms with Gasteiger partial charge in [-0.2, -0.15) is 5.10 Å². The molecule has 1 fully saturated rings. The van der Waals surface area contributed by atoms with Gasteiger partial charge in [0.2, 0.25) is 5.91 Å². The molecule has 0 aliphatic carbocycles. The molecule has 2 N–H and O–H groups in total. The predicted octanol–water partition coefficient (Wildman–Crippen LogP) is 2.82. The highest BCUT2D eigenvalue weighted by Crippen LogP contribution is 2.22. The van der Waals surface area contributed by atoms with Gasteiger partial charge in [0, 0.05) is 35.9 Å². The molecule has 0 bridgehead atoms. The van der Waals surface area contributed by atoms with Gasteiger partial charge in [-0.05, 0) is 37.4 Å². The molecule has 32 heavy (non-hydrogen) atoms. The van der Waals surface area contributed by atoms with Crippen LogP contribution < -0.4 is 10.9 Å². The maximum Gasteiger partial charge on any atom is 0.291 e. The summed E-state index contributed by atoms with van der Waals surface area (Å²) in [4.78, 5) is 30.9. The number of nitrogens with one attached hydrogen (secondary N) is 2. The Bertz CT molecular complexity index is 1320. The number of para-hydroxylation sites is 1. The summed E-state index contributed by atoms with van der Waals surface area (Å²) in [7, 11) is 0. The van der Waals surface area contributed by atoms with Crippen LogP contribution in [0, 0.1) is 12.8 Å². The molecule has 1 aliphatic heterocycles. The van der Waals surface area contributed by atoms with E-state index in [1.807, 2.05) is 24.3 Å². The normalized spacial score (nSPS) is 16.7. The number of aromatic amines is 1. The Balaban J connectivity index is 1.17. The highest BCUT2D eigenvalue weighted by molar-refractivity contribution is 6.06. The molecule has 3 heterocycles. The van der Waals surface area contributed by atoms with Gasteiger partial charge in [-0.1, -0.05) is 48.0 Å². The minimum atomic E-state index is -0.279. The molecule has 7 heteroatoms. The summed E-state index contributed by atoms with van der Waals surface area (Å²) in [5, 5.41) is 8.96. The van der Waals surface area contributed by atoms with Crippen LogP contribution in [-0.2, 0) is 17.9 Å². The van der Waals surface area contributed by atoms with Gasteiger partial charge in [-0.3, -0.25) is 14.5 Å². The third kappa shape index (κ3) is 4.16. The zero-order valence-corrected chi connectivity index (χ0v) is 18.2. The number of H-pyrrole nitrogens is 1. The topological polar surface area (TPSA) is 83.0 Å². The first-order valence-corrected chi connectivity index (χ1v) is 11.1. The first-order chi connectivity index (χ1) is 15.6. The molecule has 5 rings (SSSR count). The molecule has 1 saturated heterocycles. The molecule has 2 aromatic heterocycles. The summed E-state index contributed by atoms with van der Waals surface area (Å²) in [6.07, 6.45) is 2.72. The molecule has 2 aromatic carbocycles. The molecule has 7 nitrogen and oxygen atoms in total. The number of hydrogen-bond acceptors (Lipinski definition) is 4. The first-order valence-electron chi connectivity index (χ1n) is 11.1. The Kier molecular flexibility index (Phi) is 5.49. The van der Waals surface area contributed by atoms with Crippen molar-refractivity contribution in [2.75, 3.05) is 19.6 Å². The molecule has 0 spiro atoms. The van der Waals surface area contributed by atoms with Gasteiger partial charge in [-0.25, -0.2) is 4.68 Å². The van der Waals surface area contributed by atoms with E-state index in [-0.39, 0.29) is 18.0 Å². The van der Waals surface area contributed by atoms with Crippen molar-refractivity contribution >= 4 is 27.7 Å². The van der Waals surface area contributed by atoms with E-state index in [1.165, 1.54) is 15.8 Å². The molecule has 0 radical (unpaired) electrons.